The first-order valence-electron chi connectivity index (χ1n) is 7.44. The summed E-state index contributed by atoms with van der Waals surface area (Å²) in [7, 11) is 0. The molecule has 0 aliphatic carbocycles. The molecule has 0 radical (unpaired) electrons. The van der Waals surface area contributed by atoms with Crippen molar-refractivity contribution in [1.82, 2.24) is 9.97 Å². The highest BCUT2D eigenvalue weighted by Crippen LogP contribution is 2.20. The predicted molar refractivity (Wildman–Crippen MR) is 93.9 cm³/mol. The van der Waals surface area contributed by atoms with Gasteiger partial charge in [-0.1, -0.05) is 42.5 Å². The molecule has 24 heavy (non-hydrogen) atoms. The molecule has 0 bridgehead atoms. The van der Waals surface area contributed by atoms with Crippen molar-refractivity contribution in [2.24, 2.45) is 5.73 Å². The number of nitrogens with one attached hydrogen (secondary N) is 1. The van der Waals surface area contributed by atoms with Crippen LogP contribution in [0.25, 0.3) is 11.3 Å². The molecule has 1 amide bonds. The Balaban J connectivity index is 1.71. The Morgan fingerprint density at radius 2 is 1.71 bits per heavy atom. The molecule has 1 unspecified atom stereocenters. The maximum atomic E-state index is 12.2. The average molecular weight is 319 g/mol. The molecule has 5 N–H and O–H groups in total. The minimum absolute atomic E-state index is 0.221. The Bertz CT molecular complexity index is 834. The number of amides is 1. The summed E-state index contributed by atoms with van der Waals surface area (Å²) in [5.74, 6) is -0.0426. The second-order valence-corrected chi connectivity index (χ2v) is 5.26. The summed E-state index contributed by atoms with van der Waals surface area (Å²) in [4.78, 5) is 20.3. The first-order valence-corrected chi connectivity index (χ1v) is 7.44. The molecular weight excluding hydrogens is 302 g/mol. The van der Waals surface area contributed by atoms with E-state index in [-0.39, 0.29) is 11.9 Å². The molecule has 3 rings (SSSR count). The average Bonchev–Trinajstić information content (AvgIpc) is 2.62. The Kier molecular flexibility index (Phi) is 4.49. The van der Waals surface area contributed by atoms with Crippen LogP contribution in [0.15, 0.2) is 66.9 Å². The Morgan fingerprint density at radius 3 is 2.38 bits per heavy atom. The zero-order chi connectivity index (χ0) is 16.9. The monoisotopic (exact) mass is 319 g/mol. The van der Waals surface area contributed by atoms with Gasteiger partial charge >= 0.3 is 0 Å². The van der Waals surface area contributed by atoms with E-state index in [0.717, 1.165) is 16.8 Å². The lowest BCUT2D eigenvalue weighted by atomic mass is 10.1. The second kappa shape index (κ2) is 6.89. The van der Waals surface area contributed by atoms with Crippen LogP contribution in [0.3, 0.4) is 0 Å². The highest BCUT2D eigenvalue weighted by Gasteiger charge is 2.15. The van der Waals surface area contributed by atoms with E-state index in [1.165, 1.54) is 0 Å². The van der Waals surface area contributed by atoms with E-state index in [1.807, 2.05) is 42.5 Å². The standard InChI is InChI=1S/C18H17N5O/c19-16(13-4-2-1-3-5-13)17(24)22-14-8-6-12(7-9-14)15-10-11-21-18(20)23-15/h1-11,16H,19H2,(H,22,24)(H2,20,21,23). The smallest absolute Gasteiger partial charge is 0.245 e. The number of nitrogens with zero attached hydrogens (tertiary/aromatic N) is 2. The van der Waals surface area contributed by atoms with E-state index in [4.69, 9.17) is 11.5 Å². The molecule has 1 atom stereocenters. The molecule has 6 nitrogen and oxygen atoms in total. The fraction of sp³-hybridized carbons (Fsp3) is 0.0556. The van der Waals surface area contributed by atoms with Gasteiger partial charge in [-0.3, -0.25) is 4.79 Å². The van der Waals surface area contributed by atoms with Crippen molar-refractivity contribution in [1.29, 1.82) is 0 Å². The van der Waals surface area contributed by atoms with Gasteiger partial charge in [0, 0.05) is 17.4 Å². The number of hydrogen-bond donors (Lipinski definition) is 3. The molecule has 3 aromatic rings. The molecular formula is C18H17N5O. The minimum Gasteiger partial charge on any atom is -0.368 e. The topological polar surface area (TPSA) is 107 Å². The van der Waals surface area contributed by atoms with Crippen molar-refractivity contribution in [3.63, 3.8) is 0 Å². The van der Waals surface area contributed by atoms with Crippen LogP contribution in [0.5, 0.6) is 0 Å². The molecule has 0 spiro atoms. The van der Waals surface area contributed by atoms with Gasteiger partial charge in [-0.05, 0) is 23.8 Å². The maximum absolute atomic E-state index is 12.2. The zero-order valence-electron chi connectivity index (χ0n) is 12.9. The predicted octanol–water partition coefficient (Wildman–Crippen LogP) is 2.36. The van der Waals surface area contributed by atoms with Crippen molar-refractivity contribution < 1.29 is 4.79 Å². The lowest BCUT2D eigenvalue weighted by molar-refractivity contribution is -0.117. The number of hydrogen-bond acceptors (Lipinski definition) is 5. The third-order valence-electron chi connectivity index (χ3n) is 3.56. The number of carbonyl (C=O) groups excluding carboxylic acids is 1. The van der Waals surface area contributed by atoms with Crippen LogP contribution in [-0.4, -0.2) is 15.9 Å². The first kappa shape index (κ1) is 15.6. The molecule has 0 saturated carbocycles. The number of nitrogen functional groups attached to an aromatic ring is 1. The Morgan fingerprint density at radius 1 is 1.00 bits per heavy atom. The summed E-state index contributed by atoms with van der Waals surface area (Å²) in [6.07, 6.45) is 1.60. The number of benzene rings is 2. The van der Waals surface area contributed by atoms with E-state index < -0.39 is 6.04 Å². The van der Waals surface area contributed by atoms with Crippen molar-refractivity contribution >= 4 is 17.5 Å². The molecule has 0 aliphatic rings. The summed E-state index contributed by atoms with van der Waals surface area (Å²) < 4.78 is 0. The van der Waals surface area contributed by atoms with Gasteiger partial charge in [0.25, 0.3) is 0 Å². The van der Waals surface area contributed by atoms with Crippen molar-refractivity contribution in [3.05, 3.63) is 72.4 Å². The minimum atomic E-state index is -0.715. The number of aromatic nitrogens is 2. The second-order valence-electron chi connectivity index (χ2n) is 5.26. The summed E-state index contributed by atoms with van der Waals surface area (Å²) in [5.41, 5.74) is 14.6. The van der Waals surface area contributed by atoms with Gasteiger partial charge in [0.15, 0.2) is 0 Å². The lowest BCUT2D eigenvalue weighted by Crippen LogP contribution is -2.27. The number of nitrogens with two attached hydrogens (primary N) is 2. The molecule has 1 heterocycles. The van der Waals surface area contributed by atoms with Crippen LogP contribution in [-0.2, 0) is 4.79 Å². The summed E-state index contributed by atoms with van der Waals surface area (Å²) >= 11 is 0. The van der Waals surface area contributed by atoms with Gasteiger partial charge in [0.2, 0.25) is 11.9 Å². The van der Waals surface area contributed by atoms with Crippen LogP contribution in [0, 0.1) is 0 Å². The van der Waals surface area contributed by atoms with E-state index in [9.17, 15) is 4.79 Å². The maximum Gasteiger partial charge on any atom is 0.245 e. The zero-order valence-corrected chi connectivity index (χ0v) is 12.9. The molecule has 6 heteroatoms. The largest absolute Gasteiger partial charge is 0.368 e. The third kappa shape index (κ3) is 3.56. The van der Waals surface area contributed by atoms with E-state index >= 15 is 0 Å². The van der Waals surface area contributed by atoms with Crippen LogP contribution < -0.4 is 16.8 Å². The molecule has 0 fully saturated rings. The van der Waals surface area contributed by atoms with Crippen LogP contribution in [0.2, 0.25) is 0 Å². The SMILES string of the molecule is Nc1nccc(-c2ccc(NC(=O)C(N)c3ccccc3)cc2)n1. The lowest BCUT2D eigenvalue weighted by Gasteiger charge is -2.13. The Labute approximate surface area is 139 Å². The molecule has 2 aromatic carbocycles. The van der Waals surface area contributed by atoms with Gasteiger partial charge in [-0.15, -0.1) is 0 Å². The van der Waals surface area contributed by atoms with Gasteiger partial charge < -0.3 is 16.8 Å². The fourth-order valence-corrected chi connectivity index (χ4v) is 2.29. The molecule has 0 saturated heterocycles. The number of rotatable bonds is 4. The highest BCUT2D eigenvalue weighted by molar-refractivity contribution is 5.95. The van der Waals surface area contributed by atoms with E-state index in [0.29, 0.717) is 5.69 Å². The number of carbonyl (C=O) groups is 1. The highest BCUT2D eigenvalue weighted by atomic mass is 16.2. The van der Waals surface area contributed by atoms with Crippen LogP contribution in [0.1, 0.15) is 11.6 Å². The number of anilines is 2. The van der Waals surface area contributed by atoms with E-state index in [2.05, 4.69) is 15.3 Å². The van der Waals surface area contributed by atoms with Gasteiger partial charge in [0.1, 0.15) is 6.04 Å². The Hall–Kier alpha value is -3.25. The van der Waals surface area contributed by atoms with Crippen molar-refractivity contribution in [2.45, 2.75) is 6.04 Å². The van der Waals surface area contributed by atoms with Crippen LogP contribution in [0.4, 0.5) is 11.6 Å². The van der Waals surface area contributed by atoms with Gasteiger partial charge in [0.05, 0.1) is 5.69 Å². The van der Waals surface area contributed by atoms with E-state index in [1.54, 1.807) is 24.4 Å². The molecule has 120 valence electrons. The normalized spacial score (nSPS) is 11.7. The first-order chi connectivity index (χ1) is 11.6. The summed E-state index contributed by atoms with van der Waals surface area (Å²) in [6.45, 7) is 0. The van der Waals surface area contributed by atoms with Crippen molar-refractivity contribution in [3.8, 4) is 11.3 Å². The fourth-order valence-electron chi connectivity index (χ4n) is 2.29. The molecule has 1 aromatic heterocycles. The van der Waals surface area contributed by atoms with Gasteiger partial charge in [-0.25, -0.2) is 9.97 Å². The van der Waals surface area contributed by atoms with Crippen LogP contribution >= 0.6 is 0 Å². The summed E-state index contributed by atoms with van der Waals surface area (Å²) in [6, 6.07) is 17.6. The third-order valence-corrected chi connectivity index (χ3v) is 3.56. The molecule has 0 aliphatic heterocycles. The quantitative estimate of drug-likeness (QED) is 0.684. The summed E-state index contributed by atoms with van der Waals surface area (Å²) in [5, 5.41) is 2.81. The van der Waals surface area contributed by atoms with Gasteiger partial charge in [-0.2, -0.15) is 0 Å². The van der Waals surface area contributed by atoms with Crippen molar-refractivity contribution in [2.75, 3.05) is 11.1 Å².